The van der Waals surface area contributed by atoms with E-state index in [0.29, 0.717) is 5.13 Å². The number of nitrogens with one attached hydrogen (secondary N) is 2. The molecule has 0 aliphatic heterocycles. The summed E-state index contributed by atoms with van der Waals surface area (Å²) in [5, 5.41) is 5.28. The molecule has 0 radical (unpaired) electrons. The molecule has 1 heterocycles. The minimum atomic E-state index is -3.57. The molecule has 7 heteroatoms. The van der Waals surface area contributed by atoms with Crippen LogP contribution in [0.5, 0.6) is 0 Å². The van der Waals surface area contributed by atoms with E-state index in [9.17, 15) is 8.42 Å². The lowest BCUT2D eigenvalue weighted by Crippen LogP contribution is -2.14. The van der Waals surface area contributed by atoms with Crippen molar-refractivity contribution in [3.63, 3.8) is 0 Å². The van der Waals surface area contributed by atoms with Gasteiger partial charge in [0.1, 0.15) is 0 Å². The summed E-state index contributed by atoms with van der Waals surface area (Å²) in [5.41, 5.74) is 1.84. The topological polar surface area (TPSA) is 71.1 Å². The first-order valence-corrected chi connectivity index (χ1v) is 8.51. The van der Waals surface area contributed by atoms with Crippen molar-refractivity contribution in [2.24, 2.45) is 0 Å². The second-order valence-electron chi connectivity index (χ2n) is 4.51. The maximum Gasteiger partial charge on any atom is 0.263 e. The molecule has 0 saturated heterocycles. The summed E-state index contributed by atoms with van der Waals surface area (Å²) in [6, 6.07) is 6.80. The molecule has 2 rings (SSSR count). The summed E-state index contributed by atoms with van der Waals surface area (Å²) in [7, 11) is -1.74. The van der Waals surface area contributed by atoms with Crippen molar-refractivity contribution in [1.29, 1.82) is 0 Å². The summed E-state index contributed by atoms with van der Waals surface area (Å²) < 4.78 is 26.9. The van der Waals surface area contributed by atoms with E-state index in [0.717, 1.165) is 11.3 Å². The molecule has 5 nitrogen and oxygen atoms in total. The van der Waals surface area contributed by atoms with Crippen molar-refractivity contribution in [3.8, 4) is 0 Å². The highest BCUT2D eigenvalue weighted by molar-refractivity contribution is 7.93. The van der Waals surface area contributed by atoms with Gasteiger partial charge in [-0.25, -0.2) is 13.4 Å². The van der Waals surface area contributed by atoms with Gasteiger partial charge in [0.15, 0.2) is 5.13 Å². The molecule has 20 heavy (non-hydrogen) atoms. The fourth-order valence-corrected chi connectivity index (χ4v) is 3.63. The normalized spacial score (nSPS) is 13.2. The molecule has 0 saturated carbocycles. The molecule has 0 fully saturated rings. The maximum absolute atomic E-state index is 12.2. The minimum Gasteiger partial charge on any atom is -0.312 e. The van der Waals surface area contributed by atoms with E-state index in [1.807, 2.05) is 26.3 Å². The Morgan fingerprint density at radius 1 is 1.25 bits per heavy atom. The van der Waals surface area contributed by atoms with Crippen LogP contribution in [-0.4, -0.2) is 20.4 Å². The second kappa shape index (κ2) is 5.90. The van der Waals surface area contributed by atoms with Crippen LogP contribution in [0.3, 0.4) is 0 Å². The number of anilines is 1. The van der Waals surface area contributed by atoms with Crippen LogP contribution in [0.1, 0.15) is 24.2 Å². The third kappa shape index (κ3) is 3.36. The van der Waals surface area contributed by atoms with E-state index < -0.39 is 10.0 Å². The van der Waals surface area contributed by atoms with Crippen LogP contribution in [0.2, 0.25) is 0 Å². The molecule has 1 unspecified atom stereocenters. The quantitative estimate of drug-likeness (QED) is 0.890. The maximum atomic E-state index is 12.2. The van der Waals surface area contributed by atoms with Crippen LogP contribution >= 0.6 is 11.3 Å². The van der Waals surface area contributed by atoms with Crippen molar-refractivity contribution in [3.05, 3.63) is 40.9 Å². The lowest BCUT2D eigenvalue weighted by Gasteiger charge is -2.06. The summed E-state index contributed by atoms with van der Waals surface area (Å²) >= 11 is 1.28. The van der Waals surface area contributed by atoms with Crippen LogP contribution in [0, 0.1) is 6.92 Å². The Kier molecular flexibility index (Phi) is 4.42. The van der Waals surface area contributed by atoms with Gasteiger partial charge in [0.2, 0.25) is 0 Å². The molecule has 1 aromatic heterocycles. The number of nitrogens with zero attached hydrogens (tertiary/aromatic N) is 1. The van der Waals surface area contributed by atoms with Gasteiger partial charge in [0.05, 0.1) is 10.6 Å². The fraction of sp³-hybridized carbons (Fsp3) is 0.308. The SMILES string of the molecule is CNC(C)c1csc(NS(=O)(=O)c2ccc(C)cc2)n1. The third-order valence-electron chi connectivity index (χ3n) is 2.95. The van der Waals surface area contributed by atoms with Crippen LogP contribution in [0.4, 0.5) is 5.13 Å². The molecule has 0 aliphatic rings. The van der Waals surface area contributed by atoms with Crippen molar-refractivity contribution >= 4 is 26.5 Å². The molecule has 108 valence electrons. The number of aryl methyl sites for hydroxylation is 1. The summed E-state index contributed by atoms with van der Waals surface area (Å²) in [6.07, 6.45) is 0. The zero-order valence-electron chi connectivity index (χ0n) is 11.5. The summed E-state index contributed by atoms with van der Waals surface area (Å²) in [5.74, 6) is 0. The highest BCUT2D eigenvalue weighted by Crippen LogP contribution is 2.23. The van der Waals surface area contributed by atoms with E-state index in [4.69, 9.17) is 0 Å². The largest absolute Gasteiger partial charge is 0.312 e. The van der Waals surface area contributed by atoms with Crippen LogP contribution in [0.15, 0.2) is 34.5 Å². The smallest absolute Gasteiger partial charge is 0.263 e. The van der Waals surface area contributed by atoms with Crippen molar-refractivity contribution < 1.29 is 8.42 Å². The Labute approximate surface area is 123 Å². The predicted molar refractivity (Wildman–Crippen MR) is 81.6 cm³/mol. The zero-order valence-corrected chi connectivity index (χ0v) is 13.2. The van der Waals surface area contributed by atoms with Crippen LogP contribution < -0.4 is 10.0 Å². The van der Waals surface area contributed by atoms with E-state index in [2.05, 4.69) is 15.0 Å². The van der Waals surface area contributed by atoms with Gasteiger partial charge in [-0.3, -0.25) is 4.72 Å². The van der Waals surface area contributed by atoms with E-state index in [1.54, 1.807) is 24.3 Å². The number of aromatic nitrogens is 1. The monoisotopic (exact) mass is 311 g/mol. The molecular weight excluding hydrogens is 294 g/mol. The van der Waals surface area contributed by atoms with Gasteiger partial charge in [0, 0.05) is 11.4 Å². The molecule has 0 bridgehead atoms. The van der Waals surface area contributed by atoms with E-state index in [1.165, 1.54) is 11.3 Å². The molecular formula is C13H17N3O2S2. The van der Waals surface area contributed by atoms with Gasteiger partial charge < -0.3 is 5.32 Å². The first kappa shape index (κ1) is 15.0. The van der Waals surface area contributed by atoms with Crippen LogP contribution in [0.25, 0.3) is 0 Å². The lowest BCUT2D eigenvalue weighted by atomic mass is 10.2. The van der Waals surface area contributed by atoms with E-state index >= 15 is 0 Å². The molecule has 0 aliphatic carbocycles. The molecule has 1 aromatic carbocycles. The highest BCUT2D eigenvalue weighted by Gasteiger charge is 2.16. The number of rotatable bonds is 5. The van der Waals surface area contributed by atoms with Gasteiger partial charge in [-0.1, -0.05) is 17.7 Å². The van der Waals surface area contributed by atoms with E-state index in [-0.39, 0.29) is 10.9 Å². The first-order chi connectivity index (χ1) is 9.42. The molecule has 0 amide bonds. The Bertz CT molecular complexity index is 678. The number of thiazole rings is 1. The minimum absolute atomic E-state index is 0.0869. The predicted octanol–water partition coefficient (Wildman–Crippen LogP) is 2.53. The standard InChI is InChI=1S/C13H17N3O2S2/c1-9-4-6-11(7-5-9)20(17,18)16-13-15-12(8-19-13)10(2)14-3/h4-8,10,14H,1-3H3,(H,15,16). The second-order valence-corrected chi connectivity index (χ2v) is 7.05. The number of hydrogen-bond acceptors (Lipinski definition) is 5. The summed E-state index contributed by atoms with van der Waals surface area (Å²) in [4.78, 5) is 4.51. The van der Waals surface area contributed by atoms with Gasteiger partial charge in [0.25, 0.3) is 10.0 Å². The van der Waals surface area contributed by atoms with Gasteiger partial charge in [-0.05, 0) is 33.0 Å². The zero-order chi connectivity index (χ0) is 14.8. The highest BCUT2D eigenvalue weighted by atomic mass is 32.2. The van der Waals surface area contributed by atoms with Crippen LogP contribution in [-0.2, 0) is 10.0 Å². The van der Waals surface area contributed by atoms with Gasteiger partial charge >= 0.3 is 0 Å². The molecule has 2 aromatic rings. The molecule has 1 atom stereocenters. The Morgan fingerprint density at radius 3 is 2.50 bits per heavy atom. The Morgan fingerprint density at radius 2 is 1.90 bits per heavy atom. The lowest BCUT2D eigenvalue weighted by molar-refractivity contribution is 0.601. The number of hydrogen-bond donors (Lipinski definition) is 2. The average Bonchev–Trinajstić information content (AvgIpc) is 2.86. The Hall–Kier alpha value is -1.44. The average molecular weight is 311 g/mol. The fourth-order valence-electron chi connectivity index (χ4n) is 1.57. The van der Waals surface area contributed by atoms with Gasteiger partial charge in [-0.2, -0.15) is 0 Å². The summed E-state index contributed by atoms with van der Waals surface area (Å²) in [6.45, 7) is 3.88. The molecule has 2 N–H and O–H groups in total. The number of sulfonamides is 1. The number of benzene rings is 1. The van der Waals surface area contributed by atoms with Crippen molar-refractivity contribution in [2.75, 3.05) is 11.8 Å². The van der Waals surface area contributed by atoms with Crippen molar-refractivity contribution in [1.82, 2.24) is 10.3 Å². The van der Waals surface area contributed by atoms with Crippen molar-refractivity contribution in [2.45, 2.75) is 24.8 Å². The molecule has 0 spiro atoms. The first-order valence-electron chi connectivity index (χ1n) is 6.14. The third-order valence-corrected chi connectivity index (χ3v) is 5.21. The Balaban J connectivity index is 2.20. The van der Waals surface area contributed by atoms with Gasteiger partial charge in [-0.15, -0.1) is 11.3 Å².